The molecule has 0 amide bonds. The van der Waals surface area contributed by atoms with Crippen LogP contribution in [0.5, 0.6) is 17.2 Å². The number of fused-ring (bicyclic) bond motifs is 1. The molecule has 9 heteroatoms. The zero-order chi connectivity index (χ0) is 23.0. The Kier molecular flexibility index (Phi) is 5.48. The van der Waals surface area contributed by atoms with Gasteiger partial charge < -0.3 is 14.7 Å². The molecule has 1 heterocycles. The first kappa shape index (κ1) is 21.6. The van der Waals surface area contributed by atoms with Gasteiger partial charge in [-0.2, -0.15) is 4.73 Å². The van der Waals surface area contributed by atoms with Gasteiger partial charge in [0.05, 0.1) is 22.2 Å². The maximum absolute atomic E-state index is 13.1. The van der Waals surface area contributed by atoms with Crippen LogP contribution in [0.25, 0.3) is 22.0 Å². The molecule has 0 spiro atoms. The van der Waals surface area contributed by atoms with Gasteiger partial charge in [0.2, 0.25) is 0 Å². The molecule has 32 heavy (non-hydrogen) atoms. The van der Waals surface area contributed by atoms with Gasteiger partial charge >= 0.3 is 6.36 Å². The van der Waals surface area contributed by atoms with Gasteiger partial charge in [0.15, 0.2) is 5.43 Å². The summed E-state index contributed by atoms with van der Waals surface area (Å²) < 4.78 is 47.2. The summed E-state index contributed by atoms with van der Waals surface area (Å²) in [6.45, 7) is 1.62. The fraction of sp³-hybridized carbons (Fsp3) is 0.0870. The predicted octanol–water partition coefficient (Wildman–Crippen LogP) is 6.56. The Balaban J connectivity index is 1.62. The SMILES string of the molecule is Cc1c(-c2ccc(Oc3ccc(OC(F)(F)F)cc3)cc2)c(=O)c2cc(Cl)ccc2n1O. The van der Waals surface area contributed by atoms with E-state index in [1.807, 2.05) is 0 Å². The second kappa shape index (κ2) is 8.12. The minimum atomic E-state index is -4.77. The molecule has 4 aromatic rings. The van der Waals surface area contributed by atoms with Crippen LogP contribution in [-0.2, 0) is 0 Å². The fourth-order valence-corrected chi connectivity index (χ4v) is 3.51. The molecule has 0 fully saturated rings. The van der Waals surface area contributed by atoms with Crippen LogP contribution in [0.1, 0.15) is 5.69 Å². The number of halogens is 4. The summed E-state index contributed by atoms with van der Waals surface area (Å²) >= 11 is 6.01. The van der Waals surface area contributed by atoms with Crippen molar-refractivity contribution >= 4 is 22.5 Å². The number of pyridine rings is 1. The van der Waals surface area contributed by atoms with Gasteiger partial charge in [0, 0.05) is 5.02 Å². The van der Waals surface area contributed by atoms with Crippen LogP contribution >= 0.6 is 11.6 Å². The van der Waals surface area contributed by atoms with Gasteiger partial charge in [-0.1, -0.05) is 23.7 Å². The Morgan fingerprint density at radius 2 is 1.47 bits per heavy atom. The average molecular weight is 462 g/mol. The van der Waals surface area contributed by atoms with Crippen LogP contribution in [0.2, 0.25) is 5.02 Å². The van der Waals surface area contributed by atoms with Crippen molar-refractivity contribution in [2.45, 2.75) is 13.3 Å². The summed E-state index contributed by atoms with van der Waals surface area (Å²) in [5.74, 6) is 0.359. The van der Waals surface area contributed by atoms with Gasteiger partial charge in [-0.05, 0) is 67.1 Å². The first-order valence-corrected chi connectivity index (χ1v) is 9.68. The van der Waals surface area contributed by atoms with Crippen molar-refractivity contribution in [3.63, 3.8) is 0 Å². The Labute approximate surface area is 184 Å². The van der Waals surface area contributed by atoms with Gasteiger partial charge in [0.1, 0.15) is 17.2 Å². The van der Waals surface area contributed by atoms with Crippen molar-refractivity contribution in [1.29, 1.82) is 0 Å². The summed E-state index contributed by atoms with van der Waals surface area (Å²) in [6.07, 6.45) is -4.77. The highest BCUT2D eigenvalue weighted by atomic mass is 35.5. The lowest BCUT2D eigenvalue weighted by atomic mass is 10.0. The third-order valence-electron chi connectivity index (χ3n) is 4.77. The zero-order valence-corrected chi connectivity index (χ0v) is 17.2. The number of hydrogen-bond donors (Lipinski definition) is 1. The van der Waals surface area contributed by atoms with E-state index in [1.165, 1.54) is 18.2 Å². The lowest BCUT2D eigenvalue weighted by Gasteiger charge is -2.14. The molecule has 0 aliphatic heterocycles. The largest absolute Gasteiger partial charge is 0.573 e. The summed E-state index contributed by atoms with van der Waals surface area (Å²) in [5, 5.41) is 11.1. The molecule has 1 aromatic heterocycles. The first-order valence-electron chi connectivity index (χ1n) is 9.30. The quantitative estimate of drug-likeness (QED) is 0.350. The number of hydrogen-bond acceptors (Lipinski definition) is 4. The molecule has 3 aromatic carbocycles. The third-order valence-corrected chi connectivity index (χ3v) is 5.01. The molecule has 0 radical (unpaired) electrons. The standard InChI is InChI=1S/C23H15ClF3NO4/c1-13-21(22(29)19-12-15(24)4-11-20(19)28(13)30)14-2-5-16(6-3-14)31-17-7-9-18(10-8-17)32-23(25,26)27/h2-12,30H,1H3. The molecule has 0 aliphatic carbocycles. The molecular weight excluding hydrogens is 447 g/mol. The minimum Gasteiger partial charge on any atom is -0.457 e. The number of ether oxygens (including phenoxy) is 2. The van der Waals surface area contributed by atoms with E-state index in [0.717, 1.165) is 16.9 Å². The highest BCUT2D eigenvalue weighted by molar-refractivity contribution is 6.31. The normalized spacial score (nSPS) is 11.5. The Bertz CT molecular complexity index is 1350. The predicted molar refractivity (Wildman–Crippen MR) is 114 cm³/mol. The molecule has 0 saturated heterocycles. The topological polar surface area (TPSA) is 60.7 Å². The van der Waals surface area contributed by atoms with Gasteiger partial charge in [-0.25, -0.2) is 0 Å². The smallest absolute Gasteiger partial charge is 0.457 e. The van der Waals surface area contributed by atoms with Gasteiger partial charge in [-0.15, -0.1) is 13.2 Å². The van der Waals surface area contributed by atoms with E-state index >= 15 is 0 Å². The highest BCUT2D eigenvalue weighted by Gasteiger charge is 2.31. The monoisotopic (exact) mass is 461 g/mol. The van der Waals surface area contributed by atoms with E-state index in [1.54, 1.807) is 43.3 Å². The van der Waals surface area contributed by atoms with Crippen LogP contribution in [0, 0.1) is 6.92 Å². The second-order valence-corrected chi connectivity index (χ2v) is 7.34. The minimum absolute atomic E-state index is 0.278. The first-order chi connectivity index (χ1) is 15.1. The van der Waals surface area contributed by atoms with Crippen LogP contribution in [0.3, 0.4) is 0 Å². The zero-order valence-electron chi connectivity index (χ0n) is 16.5. The van der Waals surface area contributed by atoms with Crippen LogP contribution in [0.4, 0.5) is 13.2 Å². The molecule has 1 N–H and O–H groups in total. The maximum atomic E-state index is 13.1. The highest BCUT2D eigenvalue weighted by Crippen LogP contribution is 2.30. The number of benzene rings is 3. The summed E-state index contributed by atoms with van der Waals surface area (Å²) in [7, 11) is 0. The van der Waals surface area contributed by atoms with Crippen molar-refractivity contribution in [1.82, 2.24) is 4.73 Å². The van der Waals surface area contributed by atoms with Crippen molar-refractivity contribution in [3.8, 4) is 28.4 Å². The fourth-order valence-electron chi connectivity index (χ4n) is 3.34. The van der Waals surface area contributed by atoms with Crippen molar-refractivity contribution < 1.29 is 27.9 Å². The summed E-state index contributed by atoms with van der Waals surface area (Å²) in [5.41, 5.74) is 1.29. The Morgan fingerprint density at radius 1 is 0.906 bits per heavy atom. The molecule has 4 rings (SSSR count). The number of alkyl halides is 3. The summed E-state index contributed by atoms with van der Waals surface area (Å²) in [6, 6.07) is 16.1. The average Bonchev–Trinajstić information content (AvgIpc) is 2.74. The van der Waals surface area contributed by atoms with E-state index in [-0.39, 0.29) is 16.6 Å². The van der Waals surface area contributed by atoms with Gasteiger partial charge in [-0.3, -0.25) is 4.79 Å². The lowest BCUT2D eigenvalue weighted by molar-refractivity contribution is -0.274. The molecule has 0 saturated carbocycles. The Morgan fingerprint density at radius 3 is 2.06 bits per heavy atom. The van der Waals surface area contributed by atoms with Crippen LogP contribution in [0.15, 0.2) is 71.5 Å². The van der Waals surface area contributed by atoms with Crippen LogP contribution < -0.4 is 14.9 Å². The Hall–Kier alpha value is -3.65. The molecular formula is C23H15ClF3NO4. The molecule has 0 atom stereocenters. The molecule has 5 nitrogen and oxygen atoms in total. The van der Waals surface area contributed by atoms with Crippen molar-refractivity contribution in [2.24, 2.45) is 0 Å². The number of nitrogens with zero attached hydrogens (tertiary/aromatic N) is 1. The molecule has 164 valence electrons. The van der Waals surface area contributed by atoms with Crippen molar-refractivity contribution in [2.75, 3.05) is 0 Å². The molecule has 0 aliphatic rings. The van der Waals surface area contributed by atoms with E-state index < -0.39 is 6.36 Å². The molecule has 0 bridgehead atoms. The van der Waals surface area contributed by atoms with Crippen LogP contribution in [-0.4, -0.2) is 16.3 Å². The summed E-state index contributed by atoms with van der Waals surface area (Å²) in [4.78, 5) is 13.1. The number of aromatic nitrogens is 1. The van der Waals surface area contributed by atoms with E-state index in [0.29, 0.717) is 38.9 Å². The lowest BCUT2D eigenvalue weighted by Crippen LogP contribution is -2.16. The van der Waals surface area contributed by atoms with Crippen molar-refractivity contribution in [3.05, 3.63) is 87.7 Å². The maximum Gasteiger partial charge on any atom is 0.573 e. The van der Waals surface area contributed by atoms with Gasteiger partial charge in [0.25, 0.3) is 0 Å². The van der Waals surface area contributed by atoms with E-state index in [4.69, 9.17) is 16.3 Å². The molecule has 0 unspecified atom stereocenters. The number of rotatable bonds is 4. The second-order valence-electron chi connectivity index (χ2n) is 6.91. The van der Waals surface area contributed by atoms with E-state index in [2.05, 4.69) is 4.74 Å². The third kappa shape index (κ3) is 4.36. The van der Waals surface area contributed by atoms with E-state index in [9.17, 15) is 23.2 Å².